The van der Waals surface area contributed by atoms with Gasteiger partial charge in [0.15, 0.2) is 0 Å². The van der Waals surface area contributed by atoms with Crippen LogP contribution in [0.4, 0.5) is 11.4 Å². The monoisotopic (exact) mass is 296 g/mol. The number of anilines is 2. The first-order valence-corrected chi connectivity index (χ1v) is 6.88. The average Bonchev–Trinajstić information content (AvgIpc) is 2.92. The van der Waals surface area contributed by atoms with Gasteiger partial charge in [-0.05, 0) is 18.2 Å². The third-order valence-corrected chi connectivity index (χ3v) is 4.46. The molecule has 0 bridgehead atoms. The largest absolute Gasteiger partial charge is 0.478 e. The Morgan fingerprint density at radius 3 is 2.70 bits per heavy atom. The lowest BCUT2D eigenvalue weighted by Crippen LogP contribution is -2.28. The highest BCUT2D eigenvalue weighted by Gasteiger charge is 2.25. The molecule has 2 aromatic rings. The number of nitrogens with zero attached hydrogens (tertiary/aromatic N) is 2. The van der Waals surface area contributed by atoms with Crippen LogP contribution in [-0.4, -0.2) is 36.7 Å². The molecule has 0 spiro atoms. The zero-order chi connectivity index (χ0) is 14.9. The Morgan fingerprint density at radius 2 is 2.15 bits per heavy atom. The van der Waals surface area contributed by atoms with Crippen LogP contribution >= 0.6 is 0 Å². The molecule has 8 nitrogen and oxygen atoms in total. The van der Waals surface area contributed by atoms with Gasteiger partial charge in [-0.3, -0.25) is 9.40 Å². The maximum absolute atomic E-state index is 12.3. The summed E-state index contributed by atoms with van der Waals surface area (Å²) in [6.07, 6.45) is 2.35. The van der Waals surface area contributed by atoms with Crippen LogP contribution in [0.5, 0.6) is 0 Å². The van der Waals surface area contributed by atoms with E-state index < -0.39 is 16.0 Å². The molecule has 0 aliphatic carbocycles. The Morgan fingerprint density at radius 1 is 1.45 bits per heavy atom. The summed E-state index contributed by atoms with van der Waals surface area (Å²) in [7, 11) is -2.62. The zero-order valence-corrected chi connectivity index (χ0v) is 11.3. The molecule has 0 aliphatic rings. The van der Waals surface area contributed by atoms with Crippen molar-refractivity contribution >= 4 is 27.4 Å². The summed E-state index contributed by atoms with van der Waals surface area (Å²) >= 11 is 0. The first-order valence-electron chi connectivity index (χ1n) is 5.44. The van der Waals surface area contributed by atoms with Gasteiger partial charge in [0.1, 0.15) is 4.90 Å². The fourth-order valence-electron chi connectivity index (χ4n) is 1.67. The molecule has 9 heteroatoms. The number of hydrogen-bond donors (Lipinski definition) is 3. The first-order chi connectivity index (χ1) is 9.34. The number of aromatic carboxylic acids is 1. The van der Waals surface area contributed by atoms with Gasteiger partial charge in [0.05, 0.1) is 17.4 Å². The molecule has 0 saturated carbocycles. The molecule has 2 rings (SSSR count). The number of H-pyrrole nitrogens is 1. The summed E-state index contributed by atoms with van der Waals surface area (Å²) in [4.78, 5) is 11.1. The molecule has 1 heterocycles. The Labute approximate surface area is 114 Å². The second kappa shape index (κ2) is 4.85. The van der Waals surface area contributed by atoms with Crippen LogP contribution in [-0.2, 0) is 10.0 Å². The van der Waals surface area contributed by atoms with Crippen LogP contribution in [0.15, 0.2) is 35.5 Å². The minimum atomic E-state index is -3.88. The number of nitrogen functional groups attached to an aromatic ring is 1. The van der Waals surface area contributed by atoms with Crippen LogP contribution < -0.4 is 10.0 Å². The number of carbonyl (C=O) groups is 1. The summed E-state index contributed by atoms with van der Waals surface area (Å²) < 4.78 is 25.5. The lowest BCUT2D eigenvalue weighted by molar-refractivity contribution is 0.0698. The Bertz CT molecular complexity index is 740. The predicted molar refractivity (Wildman–Crippen MR) is 72.0 cm³/mol. The van der Waals surface area contributed by atoms with Gasteiger partial charge in [-0.25, -0.2) is 13.2 Å². The molecule has 0 saturated heterocycles. The first kappa shape index (κ1) is 13.9. The lowest BCUT2D eigenvalue weighted by atomic mass is 10.1. The van der Waals surface area contributed by atoms with Gasteiger partial charge < -0.3 is 10.8 Å². The smallest absolute Gasteiger partial charge is 0.337 e. The van der Waals surface area contributed by atoms with Crippen molar-refractivity contribution in [1.29, 1.82) is 0 Å². The van der Waals surface area contributed by atoms with Crippen molar-refractivity contribution < 1.29 is 18.3 Å². The zero-order valence-electron chi connectivity index (χ0n) is 10.4. The maximum atomic E-state index is 12.3. The highest BCUT2D eigenvalue weighted by molar-refractivity contribution is 7.92. The van der Waals surface area contributed by atoms with Crippen molar-refractivity contribution in [2.45, 2.75) is 4.90 Å². The molecule has 1 aromatic carbocycles. The van der Waals surface area contributed by atoms with E-state index in [0.717, 1.165) is 10.5 Å². The van der Waals surface area contributed by atoms with E-state index >= 15 is 0 Å². The van der Waals surface area contributed by atoms with Gasteiger partial charge in [-0.2, -0.15) is 5.10 Å². The quantitative estimate of drug-likeness (QED) is 0.705. The standard InChI is InChI=1S/C11H12N4O4S/c1-15(20(18,19)8-5-13-14-6-8)10-3-2-7(12)4-9(10)11(16)17/h2-6H,12H2,1H3,(H,13,14)(H,16,17). The minimum Gasteiger partial charge on any atom is -0.478 e. The number of carboxylic acids is 1. The number of nitrogens with two attached hydrogens (primary N) is 1. The number of sulfonamides is 1. The summed E-state index contributed by atoms with van der Waals surface area (Å²) in [5.41, 5.74) is 5.59. The second-order valence-electron chi connectivity index (χ2n) is 3.99. The molecule has 1 aromatic heterocycles. The van der Waals surface area contributed by atoms with Crippen LogP contribution in [0.2, 0.25) is 0 Å². The van der Waals surface area contributed by atoms with E-state index in [4.69, 9.17) is 10.8 Å². The topological polar surface area (TPSA) is 129 Å². The molecule has 20 heavy (non-hydrogen) atoms. The van der Waals surface area contributed by atoms with Crippen molar-refractivity contribution in [3.63, 3.8) is 0 Å². The summed E-state index contributed by atoms with van der Waals surface area (Å²) in [6.45, 7) is 0. The fourth-order valence-corrected chi connectivity index (χ4v) is 2.79. The SMILES string of the molecule is CN(c1ccc(N)cc1C(=O)O)S(=O)(=O)c1cn[nH]c1. The van der Waals surface area contributed by atoms with Gasteiger partial charge in [0, 0.05) is 18.9 Å². The Kier molecular flexibility index (Phi) is 3.36. The van der Waals surface area contributed by atoms with E-state index in [9.17, 15) is 13.2 Å². The van der Waals surface area contributed by atoms with Crippen molar-refractivity contribution in [3.8, 4) is 0 Å². The third-order valence-electron chi connectivity index (χ3n) is 2.72. The number of hydrogen-bond acceptors (Lipinski definition) is 5. The Balaban J connectivity index is 2.55. The molecule has 0 unspecified atom stereocenters. The van der Waals surface area contributed by atoms with E-state index in [1.165, 1.54) is 31.4 Å². The van der Waals surface area contributed by atoms with Crippen LogP contribution in [0, 0.1) is 0 Å². The van der Waals surface area contributed by atoms with Crippen LogP contribution in [0.3, 0.4) is 0 Å². The molecule has 0 amide bonds. The summed E-state index contributed by atoms with van der Waals surface area (Å²) in [5.74, 6) is -1.26. The van der Waals surface area contributed by atoms with Crippen molar-refractivity contribution in [2.75, 3.05) is 17.1 Å². The molecule has 0 radical (unpaired) electrons. The molecule has 106 valence electrons. The summed E-state index contributed by atoms with van der Waals surface area (Å²) in [5, 5.41) is 15.1. The molecule has 4 N–H and O–H groups in total. The van der Waals surface area contributed by atoms with E-state index in [0.29, 0.717) is 0 Å². The fraction of sp³-hybridized carbons (Fsp3) is 0.0909. The number of aromatic amines is 1. The number of carboxylic acid groups (broad SMARTS) is 1. The van der Waals surface area contributed by atoms with Gasteiger partial charge in [-0.15, -0.1) is 0 Å². The number of aromatic nitrogens is 2. The number of benzene rings is 1. The minimum absolute atomic E-state index is 0.0212. The highest BCUT2D eigenvalue weighted by Crippen LogP contribution is 2.27. The molecular formula is C11H12N4O4S. The van der Waals surface area contributed by atoms with Crippen molar-refractivity contribution in [1.82, 2.24) is 10.2 Å². The number of nitrogens with one attached hydrogen (secondary N) is 1. The molecule has 0 fully saturated rings. The van der Waals surface area contributed by atoms with Gasteiger partial charge >= 0.3 is 5.97 Å². The highest BCUT2D eigenvalue weighted by atomic mass is 32.2. The van der Waals surface area contributed by atoms with Crippen molar-refractivity contribution in [3.05, 3.63) is 36.2 Å². The Hall–Kier alpha value is -2.55. The van der Waals surface area contributed by atoms with Crippen LogP contribution in [0.1, 0.15) is 10.4 Å². The molecule has 0 aliphatic heterocycles. The van der Waals surface area contributed by atoms with Gasteiger partial charge in [0.2, 0.25) is 0 Å². The van der Waals surface area contributed by atoms with E-state index in [2.05, 4.69) is 10.2 Å². The van der Waals surface area contributed by atoms with Crippen molar-refractivity contribution in [2.24, 2.45) is 0 Å². The lowest BCUT2D eigenvalue weighted by Gasteiger charge is -2.20. The van der Waals surface area contributed by atoms with E-state index in [1.807, 2.05) is 0 Å². The number of rotatable bonds is 4. The second-order valence-corrected chi connectivity index (χ2v) is 5.96. The predicted octanol–water partition coefficient (Wildman–Crippen LogP) is 0.515. The average molecular weight is 296 g/mol. The van der Waals surface area contributed by atoms with Gasteiger partial charge in [0.25, 0.3) is 10.0 Å². The normalized spacial score (nSPS) is 11.2. The maximum Gasteiger partial charge on any atom is 0.337 e. The summed E-state index contributed by atoms with van der Waals surface area (Å²) in [6, 6.07) is 3.98. The molecule has 0 atom stereocenters. The third kappa shape index (κ3) is 2.30. The van der Waals surface area contributed by atoms with Crippen LogP contribution in [0.25, 0.3) is 0 Å². The van der Waals surface area contributed by atoms with Gasteiger partial charge in [-0.1, -0.05) is 0 Å². The van der Waals surface area contributed by atoms with E-state index in [-0.39, 0.29) is 21.8 Å². The molecular weight excluding hydrogens is 284 g/mol. The van der Waals surface area contributed by atoms with E-state index in [1.54, 1.807) is 0 Å².